The van der Waals surface area contributed by atoms with Crippen molar-refractivity contribution in [3.05, 3.63) is 60.8 Å². The van der Waals surface area contributed by atoms with E-state index in [1.807, 2.05) is 18.2 Å². The Morgan fingerprint density at radius 3 is 1.91 bits per heavy atom. The first-order chi connectivity index (χ1) is 22.8. The van der Waals surface area contributed by atoms with Crippen molar-refractivity contribution in [2.45, 2.75) is 159 Å². The molecule has 1 amide bonds. The largest absolute Gasteiger partial charge is 0.394 e. The summed E-state index contributed by atoms with van der Waals surface area (Å²) in [5.41, 5.74) is 0. The van der Waals surface area contributed by atoms with Crippen molar-refractivity contribution in [3.8, 4) is 0 Å². The van der Waals surface area contributed by atoms with Gasteiger partial charge < -0.3 is 40.3 Å². The van der Waals surface area contributed by atoms with E-state index in [9.17, 15) is 30.3 Å². The minimum Gasteiger partial charge on any atom is -0.394 e. The van der Waals surface area contributed by atoms with Crippen LogP contribution in [0.4, 0.5) is 0 Å². The summed E-state index contributed by atoms with van der Waals surface area (Å²) in [6.45, 7) is 3.55. The van der Waals surface area contributed by atoms with E-state index < -0.39 is 49.5 Å². The Hall–Kier alpha value is -2.11. The van der Waals surface area contributed by atoms with E-state index in [1.54, 1.807) is 6.08 Å². The number of unbranched alkanes of at least 4 members (excludes halogenated alkanes) is 9. The number of ether oxygens (including phenoxy) is 2. The van der Waals surface area contributed by atoms with Crippen LogP contribution >= 0.6 is 0 Å². The van der Waals surface area contributed by atoms with Crippen molar-refractivity contribution in [1.82, 2.24) is 5.32 Å². The quantitative estimate of drug-likeness (QED) is 0.0484. The van der Waals surface area contributed by atoms with Crippen LogP contribution in [0.15, 0.2) is 60.8 Å². The summed E-state index contributed by atoms with van der Waals surface area (Å²) in [4.78, 5) is 12.8. The summed E-state index contributed by atoms with van der Waals surface area (Å²) in [5.74, 6) is -0.263. The first-order valence-corrected chi connectivity index (χ1v) is 18.0. The number of hydrogen-bond acceptors (Lipinski definition) is 8. The molecule has 7 unspecified atom stereocenters. The molecule has 1 aliphatic heterocycles. The molecule has 0 aromatic carbocycles. The van der Waals surface area contributed by atoms with Gasteiger partial charge in [0.15, 0.2) is 6.29 Å². The lowest BCUT2D eigenvalue weighted by atomic mass is 9.99. The number of carbonyl (C=O) groups excluding carboxylic acids is 1. The van der Waals surface area contributed by atoms with Gasteiger partial charge in [0.25, 0.3) is 0 Å². The smallest absolute Gasteiger partial charge is 0.220 e. The SMILES string of the molecule is CC/C=C\C/C=C\C/C=C\C/C=C\CCC(=O)NC(COC1OC(CO)C(O)C(O)C1O)C(O)/C=C/CCCCCCCCCCC. The van der Waals surface area contributed by atoms with Gasteiger partial charge in [-0.2, -0.15) is 0 Å². The number of aliphatic hydroxyl groups excluding tert-OH is 5. The Labute approximate surface area is 284 Å². The van der Waals surface area contributed by atoms with Gasteiger partial charge in [-0.05, 0) is 44.9 Å². The molecule has 1 heterocycles. The zero-order chi connectivity index (χ0) is 34.5. The molecule has 0 radical (unpaired) electrons. The molecule has 0 aromatic rings. The predicted molar refractivity (Wildman–Crippen MR) is 189 cm³/mol. The highest BCUT2D eigenvalue weighted by molar-refractivity contribution is 5.76. The van der Waals surface area contributed by atoms with Gasteiger partial charge in [-0.15, -0.1) is 0 Å². The lowest BCUT2D eigenvalue weighted by molar-refractivity contribution is -0.302. The monoisotopic (exact) mass is 663 g/mol. The van der Waals surface area contributed by atoms with E-state index in [4.69, 9.17) is 9.47 Å². The van der Waals surface area contributed by atoms with E-state index in [0.717, 1.165) is 44.9 Å². The summed E-state index contributed by atoms with van der Waals surface area (Å²) in [6, 6.07) is -0.841. The molecule has 1 rings (SSSR count). The molecule has 9 heteroatoms. The third-order valence-corrected chi connectivity index (χ3v) is 8.11. The normalized spacial score (nSPS) is 23.6. The number of rotatable bonds is 27. The average Bonchev–Trinajstić information content (AvgIpc) is 3.07. The minimum absolute atomic E-state index is 0.220. The molecule has 270 valence electrons. The highest BCUT2D eigenvalue weighted by Crippen LogP contribution is 2.22. The van der Waals surface area contributed by atoms with Crippen LogP contribution in [0.25, 0.3) is 0 Å². The molecule has 6 N–H and O–H groups in total. The third kappa shape index (κ3) is 20.8. The fourth-order valence-electron chi connectivity index (χ4n) is 5.16. The van der Waals surface area contributed by atoms with Gasteiger partial charge in [-0.25, -0.2) is 0 Å². The zero-order valence-corrected chi connectivity index (χ0v) is 29.0. The van der Waals surface area contributed by atoms with Crippen LogP contribution in [0, 0.1) is 0 Å². The standard InChI is InChI=1S/C38H65NO8/c1-3-5-7-9-11-13-15-16-18-20-22-24-26-28-34(42)39-31(30-46-38-37(45)36(44)35(43)33(29-40)47-38)32(41)27-25-23-21-19-17-14-12-10-8-6-4-2/h5,7,11,13,16,18,22,24-25,27,31-33,35-38,40-41,43-45H,3-4,6,8-10,12,14-15,17,19-21,23,26,28-30H2,1-2H3,(H,39,42)/b7-5-,13-11-,18-16-,24-22-,27-25+. The van der Waals surface area contributed by atoms with E-state index in [1.165, 1.54) is 44.9 Å². The Kier molecular flexibility index (Phi) is 26.4. The molecule has 1 saturated heterocycles. The molecule has 0 bridgehead atoms. The Morgan fingerprint density at radius 1 is 0.745 bits per heavy atom. The molecule has 47 heavy (non-hydrogen) atoms. The molecule has 9 nitrogen and oxygen atoms in total. The molecule has 0 aromatic heterocycles. The van der Waals surface area contributed by atoms with Crippen LogP contribution in [0.3, 0.4) is 0 Å². The minimum atomic E-state index is -1.58. The molecule has 0 spiro atoms. The zero-order valence-electron chi connectivity index (χ0n) is 29.0. The highest BCUT2D eigenvalue weighted by Gasteiger charge is 2.44. The van der Waals surface area contributed by atoms with Gasteiger partial charge in [0.2, 0.25) is 5.91 Å². The Balaban J connectivity index is 2.57. The van der Waals surface area contributed by atoms with Crippen molar-refractivity contribution >= 4 is 5.91 Å². The van der Waals surface area contributed by atoms with E-state index in [-0.39, 0.29) is 18.9 Å². The van der Waals surface area contributed by atoms with Crippen molar-refractivity contribution in [2.75, 3.05) is 13.2 Å². The first kappa shape index (κ1) is 42.9. The van der Waals surface area contributed by atoms with E-state index in [2.05, 4.69) is 55.6 Å². The molecule has 1 fully saturated rings. The molecular weight excluding hydrogens is 598 g/mol. The molecule has 0 aliphatic carbocycles. The van der Waals surface area contributed by atoms with Gasteiger partial charge in [0.1, 0.15) is 24.4 Å². The number of nitrogens with one attached hydrogen (secondary N) is 1. The number of aliphatic hydroxyl groups is 5. The predicted octanol–water partition coefficient (Wildman–Crippen LogP) is 5.71. The van der Waals surface area contributed by atoms with Gasteiger partial charge in [-0.3, -0.25) is 4.79 Å². The lowest BCUT2D eigenvalue weighted by Gasteiger charge is -2.40. The summed E-state index contributed by atoms with van der Waals surface area (Å²) < 4.78 is 11.1. The van der Waals surface area contributed by atoms with Crippen LogP contribution in [-0.4, -0.2) is 87.5 Å². The van der Waals surface area contributed by atoms with Crippen LogP contribution in [0.2, 0.25) is 0 Å². The summed E-state index contributed by atoms with van der Waals surface area (Å²) in [6.07, 6.45) is 28.5. The lowest BCUT2D eigenvalue weighted by Crippen LogP contribution is -2.60. The maximum absolute atomic E-state index is 12.8. The Bertz CT molecular complexity index is 915. The van der Waals surface area contributed by atoms with Crippen LogP contribution in [-0.2, 0) is 14.3 Å². The first-order valence-electron chi connectivity index (χ1n) is 18.0. The number of hydrogen-bond donors (Lipinski definition) is 6. The fraction of sp³-hybridized carbons (Fsp3) is 0.711. The molecule has 0 saturated carbocycles. The van der Waals surface area contributed by atoms with Crippen molar-refractivity contribution < 1.29 is 39.8 Å². The second-order valence-electron chi connectivity index (χ2n) is 12.3. The second kappa shape index (κ2) is 28.9. The van der Waals surface area contributed by atoms with Crippen LogP contribution in [0.1, 0.15) is 117 Å². The van der Waals surface area contributed by atoms with Crippen LogP contribution < -0.4 is 5.32 Å². The van der Waals surface area contributed by atoms with Crippen molar-refractivity contribution in [2.24, 2.45) is 0 Å². The Morgan fingerprint density at radius 2 is 1.32 bits per heavy atom. The molecule has 1 aliphatic rings. The maximum Gasteiger partial charge on any atom is 0.220 e. The van der Waals surface area contributed by atoms with Crippen molar-refractivity contribution in [3.63, 3.8) is 0 Å². The summed E-state index contributed by atoms with van der Waals surface area (Å²) >= 11 is 0. The van der Waals surface area contributed by atoms with Gasteiger partial charge in [0.05, 0.1) is 25.4 Å². The highest BCUT2D eigenvalue weighted by atomic mass is 16.7. The topological polar surface area (TPSA) is 149 Å². The number of amides is 1. The maximum atomic E-state index is 12.8. The summed E-state index contributed by atoms with van der Waals surface area (Å²) in [7, 11) is 0. The fourth-order valence-corrected chi connectivity index (χ4v) is 5.16. The van der Waals surface area contributed by atoms with Gasteiger partial charge in [-0.1, -0.05) is 126 Å². The number of carbonyl (C=O) groups is 1. The third-order valence-electron chi connectivity index (χ3n) is 8.11. The van der Waals surface area contributed by atoms with E-state index >= 15 is 0 Å². The van der Waals surface area contributed by atoms with Crippen molar-refractivity contribution in [1.29, 1.82) is 0 Å². The molecular formula is C38H65NO8. The van der Waals surface area contributed by atoms with Gasteiger partial charge >= 0.3 is 0 Å². The van der Waals surface area contributed by atoms with Gasteiger partial charge in [0, 0.05) is 6.42 Å². The summed E-state index contributed by atoms with van der Waals surface area (Å²) in [5, 5.41) is 53.7. The molecule has 7 atom stereocenters. The number of allylic oxidation sites excluding steroid dienone is 9. The van der Waals surface area contributed by atoms with E-state index in [0.29, 0.717) is 6.42 Å². The van der Waals surface area contributed by atoms with Crippen LogP contribution in [0.5, 0.6) is 0 Å². The average molecular weight is 664 g/mol. The second-order valence-corrected chi connectivity index (χ2v) is 12.3.